The SMILES string of the molecule is Cc1csc(=NC(C)C)n1N=Cc1ccc2c(c1)OCO2. The van der Waals surface area contributed by atoms with Gasteiger partial charge in [-0.05, 0) is 44.5 Å². The predicted molar refractivity (Wildman–Crippen MR) is 83.3 cm³/mol. The summed E-state index contributed by atoms with van der Waals surface area (Å²) >= 11 is 1.60. The molecule has 3 rings (SSSR count). The van der Waals surface area contributed by atoms with E-state index in [1.54, 1.807) is 17.6 Å². The largest absolute Gasteiger partial charge is 0.454 e. The second-order valence-electron chi connectivity index (χ2n) is 5.05. The average Bonchev–Trinajstić information content (AvgIpc) is 3.03. The summed E-state index contributed by atoms with van der Waals surface area (Å²) in [4.78, 5) is 5.48. The first-order valence-electron chi connectivity index (χ1n) is 6.78. The molecule has 0 atom stereocenters. The maximum Gasteiger partial charge on any atom is 0.231 e. The van der Waals surface area contributed by atoms with Gasteiger partial charge in [0.2, 0.25) is 11.6 Å². The first-order chi connectivity index (χ1) is 10.1. The monoisotopic (exact) mass is 303 g/mol. The summed E-state index contributed by atoms with van der Waals surface area (Å²) < 4.78 is 12.5. The highest BCUT2D eigenvalue weighted by atomic mass is 32.1. The summed E-state index contributed by atoms with van der Waals surface area (Å²) in [5, 5.41) is 6.58. The lowest BCUT2D eigenvalue weighted by Crippen LogP contribution is -2.14. The molecule has 0 aliphatic carbocycles. The van der Waals surface area contributed by atoms with Crippen LogP contribution in [0.1, 0.15) is 25.1 Å². The van der Waals surface area contributed by atoms with E-state index in [-0.39, 0.29) is 12.8 Å². The van der Waals surface area contributed by atoms with Crippen LogP contribution in [0, 0.1) is 6.92 Å². The summed E-state index contributed by atoms with van der Waals surface area (Å²) in [6.07, 6.45) is 1.81. The Morgan fingerprint density at radius 3 is 2.90 bits per heavy atom. The van der Waals surface area contributed by atoms with Crippen LogP contribution in [-0.4, -0.2) is 23.7 Å². The van der Waals surface area contributed by atoms with Crippen LogP contribution in [0.25, 0.3) is 0 Å². The van der Waals surface area contributed by atoms with Gasteiger partial charge in [-0.1, -0.05) is 0 Å². The lowest BCUT2D eigenvalue weighted by atomic mass is 10.2. The minimum Gasteiger partial charge on any atom is -0.454 e. The number of hydrogen-bond donors (Lipinski definition) is 0. The van der Waals surface area contributed by atoms with Gasteiger partial charge in [0, 0.05) is 11.4 Å². The van der Waals surface area contributed by atoms with Gasteiger partial charge in [-0.25, -0.2) is 4.68 Å². The number of aromatic nitrogens is 1. The molecule has 0 N–H and O–H groups in total. The molecule has 0 unspecified atom stereocenters. The van der Waals surface area contributed by atoms with Gasteiger partial charge in [0.25, 0.3) is 0 Å². The molecule has 6 heteroatoms. The van der Waals surface area contributed by atoms with Crippen molar-refractivity contribution in [2.24, 2.45) is 10.1 Å². The highest BCUT2D eigenvalue weighted by Crippen LogP contribution is 2.31. The second kappa shape index (κ2) is 5.73. The molecule has 2 aromatic rings. The van der Waals surface area contributed by atoms with Crippen LogP contribution in [0.3, 0.4) is 0 Å². The van der Waals surface area contributed by atoms with Gasteiger partial charge in [-0.2, -0.15) is 5.10 Å². The van der Waals surface area contributed by atoms with Crippen molar-refractivity contribution in [1.29, 1.82) is 0 Å². The van der Waals surface area contributed by atoms with Crippen LogP contribution < -0.4 is 14.3 Å². The molecular formula is C15H17N3O2S. The maximum absolute atomic E-state index is 5.37. The number of benzene rings is 1. The molecule has 0 saturated carbocycles. The molecule has 0 amide bonds. The third-order valence-corrected chi connectivity index (χ3v) is 3.89. The first kappa shape index (κ1) is 13.9. The number of nitrogens with zero attached hydrogens (tertiary/aromatic N) is 3. The van der Waals surface area contributed by atoms with Gasteiger partial charge in [0.15, 0.2) is 11.5 Å². The summed E-state index contributed by atoms with van der Waals surface area (Å²) in [5.41, 5.74) is 2.03. The zero-order valence-corrected chi connectivity index (χ0v) is 13.1. The van der Waals surface area contributed by atoms with Crippen LogP contribution in [0.5, 0.6) is 11.5 Å². The Labute approximate surface area is 127 Å². The van der Waals surface area contributed by atoms with E-state index in [1.165, 1.54) is 0 Å². The van der Waals surface area contributed by atoms with Crippen molar-refractivity contribution in [2.75, 3.05) is 6.79 Å². The zero-order valence-electron chi connectivity index (χ0n) is 12.2. The van der Waals surface area contributed by atoms with E-state index in [1.807, 2.05) is 29.8 Å². The Hall–Kier alpha value is -2.08. The Morgan fingerprint density at radius 1 is 1.29 bits per heavy atom. The van der Waals surface area contributed by atoms with E-state index in [4.69, 9.17) is 9.47 Å². The third kappa shape index (κ3) is 3.00. The summed E-state index contributed by atoms with van der Waals surface area (Å²) in [6.45, 7) is 6.42. The topological polar surface area (TPSA) is 48.1 Å². The van der Waals surface area contributed by atoms with Gasteiger partial charge in [0.05, 0.1) is 11.9 Å². The van der Waals surface area contributed by atoms with Crippen LogP contribution in [0.4, 0.5) is 0 Å². The average molecular weight is 303 g/mol. The van der Waals surface area contributed by atoms with Crippen LogP contribution >= 0.6 is 11.3 Å². The van der Waals surface area contributed by atoms with Crippen LogP contribution in [0.2, 0.25) is 0 Å². The number of aryl methyl sites for hydroxylation is 1. The van der Waals surface area contributed by atoms with E-state index in [0.717, 1.165) is 27.6 Å². The Morgan fingerprint density at radius 2 is 2.10 bits per heavy atom. The number of fused-ring (bicyclic) bond motifs is 1. The van der Waals surface area contributed by atoms with Crippen molar-refractivity contribution in [3.63, 3.8) is 0 Å². The summed E-state index contributed by atoms with van der Waals surface area (Å²) in [6, 6.07) is 6.02. The van der Waals surface area contributed by atoms with E-state index < -0.39 is 0 Å². The molecule has 5 nitrogen and oxygen atoms in total. The molecule has 21 heavy (non-hydrogen) atoms. The second-order valence-corrected chi connectivity index (χ2v) is 5.89. The Kier molecular flexibility index (Phi) is 3.79. The smallest absolute Gasteiger partial charge is 0.231 e. The lowest BCUT2D eigenvalue weighted by molar-refractivity contribution is 0.174. The van der Waals surface area contributed by atoms with Crippen molar-refractivity contribution in [1.82, 2.24) is 4.68 Å². The van der Waals surface area contributed by atoms with Crippen molar-refractivity contribution < 1.29 is 9.47 Å². The van der Waals surface area contributed by atoms with Crippen molar-refractivity contribution >= 4 is 17.6 Å². The Bertz CT molecular complexity index is 744. The molecule has 2 heterocycles. The normalized spacial score (nSPS) is 14.6. The zero-order chi connectivity index (χ0) is 14.8. The van der Waals surface area contributed by atoms with Gasteiger partial charge in [0.1, 0.15) is 0 Å². The van der Waals surface area contributed by atoms with E-state index in [9.17, 15) is 0 Å². The molecular weight excluding hydrogens is 286 g/mol. The van der Waals surface area contributed by atoms with Gasteiger partial charge < -0.3 is 9.47 Å². The molecule has 1 aliphatic heterocycles. The van der Waals surface area contributed by atoms with Gasteiger partial charge >= 0.3 is 0 Å². The molecule has 0 spiro atoms. The third-order valence-electron chi connectivity index (χ3n) is 2.94. The molecule has 1 aliphatic rings. The molecule has 0 bridgehead atoms. The minimum atomic E-state index is 0.245. The van der Waals surface area contributed by atoms with Gasteiger partial charge in [-0.15, -0.1) is 11.3 Å². The summed E-state index contributed by atoms with van der Waals surface area (Å²) in [7, 11) is 0. The fourth-order valence-electron chi connectivity index (χ4n) is 1.95. The predicted octanol–water partition coefficient (Wildman–Crippen LogP) is 2.78. The highest BCUT2D eigenvalue weighted by Gasteiger charge is 2.12. The lowest BCUT2D eigenvalue weighted by Gasteiger charge is -2.00. The fraction of sp³-hybridized carbons (Fsp3) is 0.333. The molecule has 110 valence electrons. The van der Waals surface area contributed by atoms with Gasteiger partial charge in [-0.3, -0.25) is 4.99 Å². The van der Waals surface area contributed by atoms with E-state index >= 15 is 0 Å². The first-order valence-corrected chi connectivity index (χ1v) is 7.66. The molecule has 0 fully saturated rings. The minimum absolute atomic E-state index is 0.245. The molecule has 1 aromatic carbocycles. The van der Waals surface area contributed by atoms with Crippen LogP contribution in [-0.2, 0) is 0 Å². The maximum atomic E-state index is 5.37. The van der Waals surface area contributed by atoms with E-state index in [0.29, 0.717) is 0 Å². The number of thiazole rings is 1. The number of hydrogen-bond acceptors (Lipinski definition) is 5. The quantitative estimate of drug-likeness (QED) is 0.819. The van der Waals surface area contributed by atoms with Crippen molar-refractivity contribution in [3.05, 3.63) is 39.6 Å². The van der Waals surface area contributed by atoms with Crippen molar-refractivity contribution in [3.8, 4) is 11.5 Å². The molecule has 1 aromatic heterocycles. The number of ether oxygens (including phenoxy) is 2. The molecule has 0 radical (unpaired) electrons. The number of rotatable bonds is 3. The summed E-state index contributed by atoms with van der Waals surface area (Å²) in [5.74, 6) is 1.54. The fourth-order valence-corrected chi connectivity index (χ4v) is 2.89. The molecule has 0 saturated heterocycles. The standard InChI is InChI=1S/C15H17N3O2S/c1-10(2)17-15-18(11(3)8-21-15)16-7-12-4-5-13-14(6-12)20-9-19-13/h4-8,10H,9H2,1-3H3. The highest BCUT2D eigenvalue weighted by molar-refractivity contribution is 7.07. The van der Waals surface area contributed by atoms with E-state index in [2.05, 4.69) is 29.3 Å². The Balaban J connectivity index is 1.92. The van der Waals surface area contributed by atoms with Crippen molar-refractivity contribution in [2.45, 2.75) is 26.8 Å². The van der Waals surface area contributed by atoms with Crippen LogP contribution in [0.15, 0.2) is 33.7 Å².